The summed E-state index contributed by atoms with van der Waals surface area (Å²) in [5.41, 5.74) is 2.35. The second-order valence-electron chi connectivity index (χ2n) is 6.23. The Hall–Kier alpha value is -2.66. The van der Waals surface area contributed by atoms with Gasteiger partial charge >= 0.3 is 0 Å². The molecular formula is C20H22N2O3. The maximum Gasteiger partial charge on any atom is 0.255 e. The van der Waals surface area contributed by atoms with Crippen molar-refractivity contribution >= 4 is 17.5 Å². The summed E-state index contributed by atoms with van der Waals surface area (Å²) in [5.74, 6) is -0.159. The topological polar surface area (TPSA) is 67.4 Å². The van der Waals surface area contributed by atoms with Crippen molar-refractivity contribution in [3.8, 4) is 0 Å². The maximum absolute atomic E-state index is 12.3. The molecule has 2 amide bonds. The molecule has 2 N–H and O–H groups in total. The van der Waals surface area contributed by atoms with Crippen LogP contribution < -0.4 is 10.6 Å². The monoisotopic (exact) mass is 338 g/mol. The Kier molecular flexibility index (Phi) is 5.46. The van der Waals surface area contributed by atoms with Crippen molar-refractivity contribution in [3.63, 3.8) is 0 Å². The van der Waals surface area contributed by atoms with E-state index in [2.05, 4.69) is 10.6 Å². The number of carbonyl (C=O) groups excluding carboxylic acids is 2. The van der Waals surface area contributed by atoms with E-state index in [-0.39, 0.29) is 24.0 Å². The maximum atomic E-state index is 12.3. The van der Waals surface area contributed by atoms with Gasteiger partial charge < -0.3 is 15.4 Å². The van der Waals surface area contributed by atoms with E-state index in [1.807, 2.05) is 42.5 Å². The van der Waals surface area contributed by atoms with E-state index in [4.69, 9.17) is 4.74 Å². The summed E-state index contributed by atoms with van der Waals surface area (Å²) in [4.78, 5) is 23.6. The summed E-state index contributed by atoms with van der Waals surface area (Å²) in [6, 6.07) is 16.9. The summed E-state index contributed by atoms with van der Waals surface area (Å²) in [5, 5.41) is 5.88. The average Bonchev–Trinajstić information content (AvgIpc) is 2.62. The molecule has 1 saturated heterocycles. The highest BCUT2D eigenvalue weighted by molar-refractivity contribution is 6.04. The van der Waals surface area contributed by atoms with E-state index in [0.29, 0.717) is 12.2 Å². The SMILES string of the molecule is CC(=O)N[C@H]1CCO[C@@H](c2cccc(NC(=O)c3ccccc3)c2)C1. The van der Waals surface area contributed by atoms with Crippen molar-refractivity contribution in [1.82, 2.24) is 5.32 Å². The van der Waals surface area contributed by atoms with Crippen LogP contribution in [0.4, 0.5) is 5.69 Å². The minimum absolute atomic E-state index is 0.0190. The fourth-order valence-electron chi connectivity index (χ4n) is 3.06. The third-order valence-electron chi connectivity index (χ3n) is 4.24. The Morgan fingerprint density at radius 3 is 2.64 bits per heavy atom. The minimum Gasteiger partial charge on any atom is -0.373 e. The molecule has 0 saturated carbocycles. The molecule has 1 aliphatic heterocycles. The lowest BCUT2D eigenvalue weighted by Crippen LogP contribution is -2.38. The second kappa shape index (κ2) is 7.94. The number of amides is 2. The van der Waals surface area contributed by atoms with Crippen LogP contribution in [0.1, 0.15) is 41.8 Å². The molecule has 1 fully saturated rings. The van der Waals surface area contributed by atoms with Gasteiger partial charge in [-0.25, -0.2) is 0 Å². The van der Waals surface area contributed by atoms with Gasteiger partial charge in [0, 0.05) is 30.8 Å². The van der Waals surface area contributed by atoms with Gasteiger partial charge in [-0.3, -0.25) is 9.59 Å². The Morgan fingerprint density at radius 1 is 1.08 bits per heavy atom. The van der Waals surface area contributed by atoms with Crippen molar-refractivity contribution in [2.75, 3.05) is 11.9 Å². The number of benzene rings is 2. The molecule has 5 nitrogen and oxygen atoms in total. The van der Waals surface area contributed by atoms with Gasteiger partial charge in [0.05, 0.1) is 6.10 Å². The van der Waals surface area contributed by atoms with Gasteiger partial charge in [0.25, 0.3) is 5.91 Å². The first kappa shape index (κ1) is 17.2. The van der Waals surface area contributed by atoms with Crippen LogP contribution in [0.2, 0.25) is 0 Å². The van der Waals surface area contributed by atoms with E-state index in [9.17, 15) is 9.59 Å². The molecule has 0 spiro atoms. The molecule has 0 aromatic heterocycles. The first-order chi connectivity index (χ1) is 12.1. The third-order valence-corrected chi connectivity index (χ3v) is 4.24. The lowest BCUT2D eigenvalue weighted by molar-refractivity contribution is -0.120. The van der Waals surface area contributed by atoms with Crippen molar-refractivity contribution in [1.29, 1.82) is 0 Å². The lowest BCUT2D eigenvalue weighted by Gasteiger charge is -2.30. The summed E-state index contributed by atoms with van der Waals surface area (Å²) in [6.07, 6.45) is 1.47. The molecule has 0 aliphatic carbocycles. The van der Waals surface area contributed by atoms with Crippen LogP contribution >= 0.6 is 0 Å². The Balaban J connectivity index is 1.69. The molecule has 25 heavy (non-hydrogen) atoms. The molecule has 130 valence electrons. The molecule has 1 heterocycles. The van der Waals surface area contributed by atoms with Crippen molar-refractivity contribution < 1.29 is 14.3 Å². The van der Waals surface area contributed by atoms with E-state index in [1.54, 1.807) is 12.1 Å². The predicted octanol–water partition coefficient (Wildman–Crippen LogP) is 3.30. The molecule has 2 atom stereocenters. The van der Waals surface area contributed by atoms with Gasteiger partial charge in [-0.2, -0.15) is 0 Å². The Labute approximate surface area is 147 Å². The van der Waals surface area contributed by atoms with Gasteiger partial charge in [0.1, 0.15) is 0 Å². The third kappa shape index (κ3) is 4.67. The Morgan fingerprint density at radius 2 is 1.88 bits per heavy atom. The van der Waals surface area contributed by atoms with E-state index >= 15 is 0 Å². The van der Waals surface area contributed by atoms with Crippen LogP contribution in [0.3, 0.4) is 0 Å². The van der Waals surface area contributed by atoms with Crippen LogP contribution in [0, 0.1) is 0 Å². The molecule has 2 aromatic rings. The van der Waals surface area contributed by atoms with Gasteiger partial charge in [-0.15, -0.1) is 0 Å². The van der Waals surface area contributed by atoms with Gasteiger partial charge in [0.2, 0.25) is 5.91 Å². The zero-order valence-corrected chi connectivity index (χ0v) is 14.2. The van der Waals surface area contributed by atoms with Crippen LogP contribution in [0.5, 0.6) is 0 Å². The predicted molar refractivity (Wildman–Crippen MR) is 96.4 cm³/mol. The number of carbonyl (C=O) groups is 2. The second-order valence-corrected chi connectivity index (χ2v) is 6.23. The highest BCUT2D eigenvalue weighted by atomic mass is 16.5. The summed E-state index contributed by atoms with van der Waals surface area (Å²) in [6.45, 7) is 2.14. The number of nitrogens with one attached hydrogen (secondary N) is 2. The summed E-state index contributed by atoms with van der Waals surface area (Å²) < 4.78 is 5.86. The number of hydrogen-bond donors (Lipinski definition) is 2. The van der Waals surface area contributed by atoms with E-state index in [1.165, 1.54) is 6.92 Å². The highest BCUT2D eigenvalue weighted by Gasteiger charge is 2.24. The molecule has 0 unspecified atom stereocenters. The normalized spacial score (nSPS) is 19.9. The molecule has 5 heteroatoms. The number of ether oxygens (including phenoxy) is 1. The zero-order valence-electron chi connectivity index (χ0n) is 14.2. The summed E-state index contributed by atoms with van der Waals surface area (Å²) in [7, 11) is 0. The standard InChI is InChI=1S/C20H22N2O3/c1-14(23)21-18-10-11-25-19(13-18)16-8-5-9-17(12-16)22-20(24)15-6-3-2-4-7-15/h2-9,12,18-19H,10-11,13H2,1H3,(H,21,23)(H,22,24)/t18-,19+/m0/s1. The molecule has 0 radical (unpaired) electrons. The van der Waals surface area contributed by atoms with Crippen molar-refractivity contribution in [2.24, 2.45) is 0 Å². The van der Waals surface area contributed by atoms with Crippen molar-refractivity contribution in [2.45, 2.75) is 31.9 Å². The van der Waals surface area contributed by atoms with E-state index in [0.717, 1.165) is 24.1 Å². The molecule has 2 aromatic carbocycles. The quantitative estimate of drug-likeness (QED) is 0.899. The van der Waals surface area contributed by atoms with Gasteiger partial charge in [0.15, 0.2) is 0 Å². The van der Waals surface area contributed by atoms with Crippen LogP contribution in [0.15, 0.2) is 54.6 Å². The van der Waals surface area contributed by atoms with Crippen LogP contribution in [-0.4, -0.2) is 24.5 Å². The molecule has 1 aliphatic rings. The number of hydrogen-bond acceptors (Lipinski definition) is 3. The van der Waals surface area contributed by atoms with Crippen molar-refractivity contribution in [3.05, 3.63) is 65.7 Å². The van der Waals surface area contributed by atoms with Crippen LogP contribution in [0.25, 0.3) is 0 Å². The zero-order chi connectivity index (χ0) is 17.6. The molecular weight excluding hydrogens is 316 g/mol. The molecule has 0 bridgehead atoms. The smallest absolute Gasteiger partial charge is 0.255 e. The first-order valence-corrected chi connectivity index (χ1v) is 8.47. The minimum atomic E-state index is -0.140. The fourth-order valence-corrected chi connectivity index (χ4v) is 3.06. The van der Waals surface area contributed by atoms with Crippen LogP contribution in [-0.2, 0) is 9.53 Å². The summed E-state index contributed by atoms with van der Waals surface area (Å²) >= 11 is 0. The molecule has 3 rings (SSSR count). The van der Waals surface area contributed by atoms with Gasteiger partial charge in [-0.1, -0.05) is 30.3 Å². The van der Waals surface area contributed by atoms with Gasteiger partial charge in [-0.05, 0) is 42.7 Å². The number of anilines is 1. The fraction of sp³-hybridized carbons (Fsp3) is 0.300. The highest BCUT2D eigenvalue weighted by Crippen LogP contribution is 2.29. The Bertz CT molecular complexity index is 746. The van der Waals surface area contributed by atoms with E-state index < -0.39 is 0 Å². The number of rotatable bonds is 4. The average molecular weight is 338 g/mol. The first-order valence-electron chi connectivity index (χ1n) is 8.47. The largest absolute Gasteiger partial charge is 0.373 e. The lowest BCUT2D eigenvalue weighted by atomic mass is 9.97.